The number of non-ortho nitro benzene ring substituents is 1. The van der Waals surface area contributed by atoms with Crippen molar-refractivity contribution in [2.45, 2.75) is 12.8 Å². The average molecular weight is 378 g/mol. The molecule has 1 aliphatic heterocycles. The van der Waals surface area contributed by atoms with Gasteiger partial charge in [-0.25, -0.2) is 5.01 Å². The Balaban J connectivity index is 1.76. The van der Waals surface area contributed by atoms with Crippen molar-refractivity contribution < 1.29 is 9.72 Å². The van der Waals surface area contributed by atoms with Gasteiger partial charge in [0.1, 0.15) is 0 Å². The molecule has 8 heteroatoms. The van der Waals surface area contributed by atoms with E-state index in [1.807, 2.05) is 0 Å². The normalized spacial score (nSPS) is 13.7. The molecule has 0 aromatic heterocycles. The molecular weight excluding hydrogens is 365 g/mol. The van der Waals surface area contributed by atoms with Gasteiger partial charge in [0.15, 0.2) is 0 Å². The molecule has 6 nitrogen and oxygen atoms in total. The number of nitrogens with zero attached hydrogens (tertiary/aromatic N) is 3. The Bertz CT molecular complexity index is 883. The molecule has 1 heterocycles. The predicted molar refractivity (Wildman–Crippen MR) is 96.1 cm³/mol. The van der Waals surface area contributed by atoms with Gasteiger partial charge in [0, 0.05) is 34.2 Å². The molecule has 0 aliphatic carbocycles. The van der Waals surface area contributed by atoms with Crippen LogP contribution in [0.3, 0.4) is 0 Å². The highest BCUT2D eigenvalue weighted by molar-refractivity contribution is 6.36. The van der Waals surface area contributed by atoms with Crippen LogP contribution in [0.2, 0.25) is 10.0 Å². The van der Waals surface area contributed by atoms with E-state index in [-0.39, 0.29) is 18.0 Å². The number of nitro groups is 1. The molecule has 0 saturated heterocycles. The quantitative estimate of drug-likeness (QED) is 0.594. The second kappa shape index (κ2) is 7.21. The Hall–Kier alpha value is -2.44. The third kappa shape index (κ3) is 3.97. The summed E-state index contributed by atoms with van der Waals surface area (Å²) in [6.45, 7) is 0.436. The number of amides is 1. The molecule has 3 rings (SSSR count). The predicted octanol–water partition coefficient (Wildman–Crippen LogP) is 4.08. The highest BCUT2D eigenvalue weighted by Crippen LogP contribution is 2.25. The van der Waals surface area contributed by atoms with E-state index in [1.165, 1.54) is 17.1 Å². The molecule has 0 atom stereocenters. The zero-order valence-electron chi connectivity index (χ0n) is 13.0. The molecule has 0 spiro atoms. The first kappa shape index (κ1) is 17.4. The van der Waals surface area contributed by atoms with Crippen LogP contribution in [-0.2, 0) is 11.2 Å². The number of rotatable bonds is 4. The molecule has 0 fully saturated rings. The molecule has 2 aromatic carbocycles. The van der Waals surface area contributed by atoms with E-state index in [0.29, 0.717) is 39.8 Å². The van der Waals surface area contributed by atoms with E-state index in [0.717, 1.165) is 0 Å². The van der Waals surface area contributed by atoms with Gasteiger partial charge in [-0.2, -0.15) is 5.10 Å². The monoisotopic (exact) mass is 377 g/mol. The summed E-state index contributed by atoms with van der Waals surface area (Å²) >= 11 is 12.2. The Morgan fingerprint density at radius 3 is 2.80 bits per heavy atom. The smallest absolute Gasteiger partial charge is 0.269 e. The van der Waals surface area contributed by atoms with Crippen molar-refractivity contribution in [3.63, 3.8) is 0 Å². The molecule has 0 unspecified atom stereocenters. The first-order chi connectivity index (χ1) is 11.9. The number of carbonyl (C=O) groups is 1. The van der Waals surface area contributed by atoms with Crippen molar-refractivity contribution in [2.75, 3.05) is 6.54 Å². The largest absolute Gasteiger partial charge is 0.273 e. The van der Waals surface area contributed by atoms with Crippen LogP contribution >= 0.6 is 23.2 Å². The summed E-state index contributed by atoms with van der Waals surface area (Å²) in [5.74, 6) is -0.228. The van der Waals surface area contributed by atoms with E-state index in [4.69, 9.17) is 23.2 Å². The van der Waals surface area contributed by atoms with Crippen LogP contribution in [0.4, 0.5) is 5.69 Å². The second-order valence-electron chi connectivity index (χ2n) is 5.54. The Morgan fingerprint density at radius 2 is 2.04 bits per heavy atom. The van der Waals surface area contributed by atoms with Gasteiger partial charge in [-0.3, -0.25) is 14.9 Å². The molecule has 25 heavy (non-hydrogen) atoms. The van der Waals surface area contributed by atoms with Crippen molar-refractivity contribution in [1.82, 2.24) is 5.01 Å². The summed E-state index contributed by atoms with van der Waals surface area (Å²) in [5, 5.41) is 17.6. The fourth-order valence-corrected chi connectivity index (χ4v) is 2.99. The Morgan fingerprint density at radius 1 is 1.24 bits per heavy atom. The average Bonchev–Trinajstić information content (AvgIpc) is 3.07. The molecule has 0 N–H and O–H groups in total. The number of hydrogen-bond donors (Lipinski definition) is 0. The number of nitro benzene ring substituents is 1. The number of hydrogen-bond acceptors (Lipinski definition) is 4. The summed E-state index contributed by atoms with van der Waals surface area (Å²) in [4.78, 5) is 22.7. The van der Waals surface area contributed by atoms with Gasteiger partial charge >= 0.3 is 0 Å². The third-order valence-electron chi connectivity index (χ3n) is 3.81. The van der Waals surface area contributed by atoms with E-state index in [9.17, 15) is 14.9 Å². The van der Waals surface area contributed by atoms with Crippen LogP contribution in [0.15, 0.2) is 47.6 Å². The third-order valence-corrected chi connectivity index (χ3v) is 4.37. The Labute approximate surface area is 153 Å². The Kier molecular flexibility index (Phi) is 5.01. The van der Waals surface area contributed by atoms with Crippen molar-refractivity contribution >= 4 is 40.5 Å². The molecule has 1 amide bonds. The molecule has 0 radical (unpaired) electrons. The van der Waals surface area contributed by atoms with Crippen LogP contribution in [0.25, 0.3) is 0 Å². The van der Waals surface area contributed by atoms with Gasteiger partial charge in [0.25, 0.3) is 5.69 Å². The van der Waals surface area contributed by atoms with Crippen LogP contribution in [0, 0.1) is 10.1 Å². The minimum absolute atomic E-state index is 0.0402. The van der Waals surface area contributed by atoms with Gasteiger partial charge in [0.05, 0.1) is 23.6 Å². The van der Waals surface area contributed by atoms with E-state index in [1.54, 1.807) is 30.3 Å². The summed E-state index contributed by atoms with van der Waals surface area (Å²) in [7, 11) is 0. The lowest BCUT2D eigenvalue weighted by Gasteiger charge is -2.11. The van der Waals surface area contributed by atoms with Gasteiger partial charge in [-0.15, -0.1) is 0 Å². The van der Waals surface area contributed by atoms with Crippen LogP contribution in [0.5, 0.6) is 0 Å². The van der Waals surface area contributed by atoms with Crippen molar-refractivity contribution in [1.29, 1.82) is 0 Å². The standard InChI is InChI=1S/C17H13Cl2N3O3/c18-12-4-5-15(19)14(10-12)16-6-7-21(20-16)17(23)9-11-2-1-3-13(8-11)22(24)25/h1-5,8,10H,6-7,9H2. The lowest BCUT2D eigenvalue weighted by Crippen LogP contribution is -2.25. The first-order valence-electron chi connectivity index (χ1n) is 7.50. The fourth-order valence-electron chi connectivity index (χ4n) is 2.59. The number of benzene rings is 2. The first-order valence-corrected chi connectivity index (χ1v) is 8.26. The van der Waals surface area contributed by atoms with Crippen molar-refractivity contribution in [3.05, 3.63) is 73.8 Å². The van der Waals surface area contributed by atoms with E-state index < -0.39 is 4.92 Å². The summed E-state index contributed by atoms with van der Waals surface area (Å²) in [6.07, 6.45) is 0.614. The molecular formula is C17H13Cl2N3O3. The minimum atomic E-state index is -0.485. The van der Waals surface area contributed by atoms with E-state index >= 15 is 0 Å². The summed E-state index contributed by atoms with van der Waals surface area (Å²) in [5.41, 5.74) is 1.94. The van der Waals surface area contributed by atoms with Crippen LogP contribution in [-0.4, -0.2) is 28.1 Å². The SMILES string of the molecule is O=C(Cc1cccc([N+](=O)[O-])c1)N1CCC(c2cc(Cl)ccc2Cl)=N1. The molecule has 0 saturated carbocycles. The molecule has 0 bridgehead atoms. The van der Waals surface area contributed by atoms with Crippen molar-refractivity contribution in [2.24, 2.45) is 5.10 Å². The van der Waals surface area contributed by atoms with Crippen LogP contribution < -0.4 is 0 Å². The second-order valence-corrected chi connectivity index (χ2v) is 6.39. The maximum absolute atomic E-state index is 12.4. The highest BCUT2D eigenvalue weighted by atomic mass is 35.5. The summed E-state index contributed by atoms with van der Waals surface area (Å²) < 4.78 is 0. The van der Waals surface area contributed by atoms with Gasteiger partial charge < -0.3 is 0 Å². The topological polar surface area (TPSA) is 75.8 Å². The molecule has 2 aromatic rings. The van der Waals surface area contributed by atoms with Crippen molar-refractivity contribution in [3.8, 4) is 0 Å². The number of hydrazone groups is 1. The summed E-state index contributed by atoms with van der Waals surface area (Å²) in [6, 6.07) is 11.1. The van der Waals surface area contributed by atoms with E-state index in [2.05, 4.69) is 5.10 Å². The lowest BCUT2D eigenvalue weighted by molar-refractivity contribution is -0.384. The molecule has 1 aliphatic rings. The van der Waals surface area contributed by atoms with Gasteiger partial charge in [0.2, 0.25) is 5.91 Å². The minimum Gasteiger partial charge on any atom is -0.273 e. The maximum atomic E-state index is 12.4. The zero-order chi connectivity index (χ0) is 18.0. The highest BCUT2D eigenvalue weighted by Gasteiger charge is 2.23. The zero-order valence-corrected chi connectivity index (χ0v) is 14.5. The van der Waals surface area contributed by atoms with Gasteiger partial charge in [-0.05, 0) is 23.8 Å². The lowest BCUT2D eigenvalue weighted by atomic mass is 10.1. The molecule has 128 valence electrons. The number of halogens is 2. The van der Waals surface area contributed by atoms with Gasteiger partial charge in [-0.1, -0.05) is 35.3 Å². The maximum Gasteiger partial charge on any atom is 0.269 e. The number of carbonyl (C=O) groups excluding carboxylic acids is 1. The fraction of sp³-hybridized carbons (Fsp3) is 0.176. The van der Waals surface area contributed by atoms with Crippen LogP contribution in [0.1, 0.15) is 17.5 Å².